The Bertz CT molecular complexity index is 562. The fourth-order valence-electron chi connectivity index (χ4n) is 1.97. The maximum absolute atomic E-state index is 4.51. The van der Waals surface area contributed by atoms with Gasteiger partial charge in [-0.2, -0.15) is 5.10 Å². The normalized spacial score (nSPS) is 14.8. The Hall–Kier alpha value is -1.40. The largest absolute Gasteiger partial charge is 0.310 e. The lowest BCUT2D eigenvalue weighted by Crippen LogP contribution is -2.16. The molecule has 6 heteroatoms. The van der Waals surface area contributed by atoms with Gasteiger partial charge in [-0.1, -0.05) is 0 Å². The second kappa shape index (κ2) is 5.30. The van der Waals surface area contributed by atoms with E-state index in [1.807, 2.05) is 17.8 Å². The molecule has 2 aromatic heterocycles. The highest BCUT2D eigenvalue weighted by Crippen LogP contribution is 2.30. The van der Waals surface area contributed by atoms with Crippen LogP contribution in [0.4, 0.5) is 0 Å². The van der Waals surface area contributed by atoms with Gasteiger partial charge in [-0.15, -0.1) is 0 Å². The number of nitrogens with one attached hydrogen (secondary N) is 1. The van der Waals surface area contributed by atoms with E-state index in [2.05, 4.69) is 27.3 Å². The Morgan fingerprint density at radius 3 is 2.79 bits per heavy atom. The highest BCUT2D eigenvalue weighted by molar-refractivity contribution is 7.99. The third-order valence-corrected chi connectivity index (χ3v) is 4.26. The summed E-state index contributed by atoms with van der Waals surface area (Å²) in [5.74, 6) is 0. The van der Waals surface area contributed by atoms with Gasteiger partial charge in [-0.3, -0.25) is 4.68 Å². The lowest BCUT2D eigenvalue weighted by molar-refractivity contribution is 0.657. The lowest BCUT2D eigenvalue weighted by Gasteiger charge is -2.06. The summed E-state index contributed by atoms with van der Waals surface area (Å²) in [6.07, 6.45) is 6.12. The summed E-state index contributed by atoms with van der Waals surface area (Å²) in [6, 6.07) is 2.53. The third kappa shape index (κ3) is 2.96. The SMILES string of the molecule is Cc1nn(C)c(Sc2ncccn2)c1CNC1CC1. The van der Waals surface area contributed by atoms with Crippen molar-refractivity contribution in [2.75, 3.05) is 0 Å². The second-order valence-electron chi connectivity index (χ2n) is 4.78. The average molecular weight is 275 g/mol. The average Bonchev–Trinajstić information content (AvgIpc) is 3.18. The van der Waals surface area contributed by atoms with E-state index < -0.39 is 0 Å². The smallest absolute Gasteiger partial charge is 0.193 e. The van der Waals surface area contributed by atoms with Crippen molar-refractivity contribution in [3.63, 3.8) is 0 Å². The molecule has 1 N–H and O–H groups in total. The molecule has 0 spiro atoms. The van der Waals surface area contributed by atoms with E-state index in [1.54, 1.807) is 24.2 Å². The van der Waals surface area contributed by atoms with Crippen molar-refractivity contribution in [3.8, 4) is 0 Å². The van der Waals surface area contributed by atoms with E-state index >= 15 is 0 Å². The molecule has 1 saturated carbocycles. The van der Waals surface area contributed by atoms with Crippen LogP contribution < -0.4 is 5.32 Å². The van der Waals surface area contributed by atoms with Crippen LogP contribution in [0, 0.1) is 6.92 Å². The number of hydrogen-bond donors (Lipinski definition) is 1. The highest BCUT2D eigenvalue weighted by Gasteiger charge is 2.22. The van der Waals surface area contributed by atoms with Gasteiger partial charge in [0.2, 0.25) is 0 Å². The zero-order valence-corrected chi connectivity index (χ0v) is 11.9. The van der Waals surface area contributed by atoms with Crippen LogP contribution in [0.2, 0.25) is 0 Å². The third-order valence-electron chi connectivity index (χ3n) is 3.16. The van der Waals surface area contributed by atoms with Crippen LogP contribution in [-0.2, 0) is 13.6 Å². The van der Waals surface area contributed by atoms with E-state index in [-0.39, 0.29) is 0 Å². The van der Waals surface area contributed by atoms with Crippen molar-refractivity contribution < 1.29 is 0 Å². The quantitative estimate of drug-likeness (QED) is 0.845. The maximum Gasteiger partial charge on any atom is 0.193 e. The first-order valence-electron chi connectivity index (χ1n) is 6.45. The molecular weight excluding hydrogens is 258 g/mol. The predicted molar refractivity (Wildman–Crippen MR) is 74.0 cm³/mol. The van der Waals surface area contributed by atoms with Gasteiger partial charge in [0.05, 0.1) is 5.69 Å². The molecule has 0 bridgehead atoms. The standard InChI is InChI=1S/C13H17N5S/c1-9-11(8-16-10-4-5-10)12(18(2)17-9)19-13-14-6-3-7-15-13/h3,6-7,10,16H,4-5,8H2,1-2H3. The molecule has 0 saturated heterocycles. The van der Waals surface area contributed by atoms with Gasteiger partial charge in [0.1, 0.15) is 5.03 Å². The van der Waals surface area contributed by atoms with Gasteiger partial charge in [0, 0.05) is 37.6 Å². The summed E-state index contributed by atoms with van der Waals surface area (Å²) < 4.78 is 1.92. The van der Waals surface area contributed by atoms with Crippen LogP contribution in [0.1, 0.15) is 24.1 Å². The Kier molecular flexibility index (Phi) is 3.52. The summed E-state index contributed by atoms with van der Waals surface area (Å²) in [4.78, 5) is 8.53. The van der Waals surface area contributed by atoms with Crippen LogP contribution in [0.3, 0.4) is 0 Å². The van der Waals surface area contributed by atoms with Crippen LogP contribution in [0.15, 0.2) is 28.6 Å². The van der Waals surface area contributed by atoms with Crippen molar-refractivity contribution in [2.45, 2.75) is 42.5 Å². The minimum absolute atomic E-state index is 0.699. The molecule has 3 rings (SSSR count). The molecule has 0 unspecified atom stereocenters. The van der Waals surface area contributed by atoms with Gasteiger partial charge >= 0.3 is 0 Å². The molecule has 2 aromatic rings. The molecule has 0 aliphatic heterocycles. The summed E-state index contributed by atoms with van der Waals surface area (Å²) in [5, 5.41) is 9.94. The zero-order valence-electron chi connectivity index (χ0n) is 11.1. The molecule has 100 valence electrons. The summed E-state index contributed by atoms with van der Waals surface area (Å²) in [6.45, 7) is 2.93. The molecule has 0 atom stereocenters. The first kappa shape index (κ1) is 12.6. The Balaban J connectivity index is 1.82. The molecule has 5 nitrogen and oxygen atoms in total. The first-order valence-corrected chi connectivity index (χ1v) is 7.26. The van der Waals surface area contributed by atoms with Gasteiger partial charge in [0.25, 0.3) is 0 Å². The predicted octanol–water partition coefficient (Wildman–Crippen LogP) is 1.92. The van der Waals surface area contributed by atoms with Crippen LogP contribution in [0.25, 0.3) is 0 Å². The Morgan fingerprint density at radius 1 is 1.37 bits per heavy atom. The van der Waals surface area contributed by atoms with Gasteiger partial charge < -0.3 is 5.32 Å². The molecule has 19 heavy (non-hydrogen) atoms. The highest BCUT2D eigenvalue weighted by atomic mass is 32.2. The topological polar surface area (TPSA) is 55.6 Å². The maximum atomic E-state index is 4.51. The minimum Gasteiger partial charge on any atom is -0.310 e. The van der Waals surface area contributed by atoms with Gasteiger partial charge in [-0.25, -0.2) is 9.97 Å². The zero-order chi connectivity index (χ0) is 13.2. The molecule has 2 heterocycles. The van der Waals surface area contributed by atoms with Crippen molar-refractivity contribution in [1.82, 2.24) is 25.1 Å². The Labute approximate surface area is 116 Å². The number of rotatable bonds is 5. The van der Waals surface area contributed by atoms with E-state index in [4.69, 9.17) is 0 Å². The second-order valence-corrected chi connectivity index (χ2v) is 5.74. The van der Waals surface area contributed by atoms with Crippen molar-refractivity contribution >= 4 is 11.8 Å². The van der Waals surface area contributed by atoms with Crippen LogP contribution in [0.5, 0.6) is 0 Å². The first-order chi connectivity index (χ1) is 9.24. The van der Waals surface area contributed by atoms with Crippen LogP contribution in [-0.4, -0.2) is 25.8 Å². The minimum atomic E-state index is 0.699. The number of hydrogen-bond acceptors (Lipinski definition) is 5. The van der Waals surface area contributed by atoms with Gasteiger partial charge in [0.15, 0.2) is 5.16 Å². The molecular formula is C13H17N5S. The van der Waals surface area contributed by atoms with E-state index in [9.17, 15) is 0 Å². The Morgan fingerprint density at radius 2 is 2.11 bits per heavy atom. The number of nitrogens with zero attached hydrogens (tertiary/aromatic N) is 4. The van der Waals surface area contributed by atoms with Crippen molar-refractivity contribution in [1.29, 1.82) is 0 Å². The fourth-order valence-corrected chi connectivity index (χ4v) is 2.89. The molecule has 0 radical (unpaired) electrons. The monoisotopic (exact) mass is 275 g/mol. The molecule has 1 aliphatic rings. The lowest BCUT2D eigenvalue weighted by atomic mass is 10.2. The van der Waals surface area contributed by atoms with Crippen LogP contribution >= 0.6 is 11.8 Å². The summed E-state index contributed by atoms with van der Waals surface area (Å²) in [5.41, 5.74) is 2.33. The summed E-state index contributed by atoms with van der Waals surface area (Å²) >= 11 is 1.57. The van der Waals surface area contributed by atoms with Crippen molar-refractivity contribution in [2.24, 2.45) is 7.05 Å². The van der Waals surface area contributed by atoms with E-state index in [1.165, 1.54) is 18.4 Å². The fraction of sp³-hybridized carbons (Fsp3) is 0.462. The summed E-state index contributed by atoms with van der Waals surface area (Å²) in [7, 11) is 1.97. The molecule has 0 amide bonds. The number of aromatic nitrogens is 4. The van der Waals surface area contributed by atoms with E-state index in [0.717, 1.165) is 22.4 Å². The van der Waals surface area contributed by atoms with E-state index in [0.29, 0.717) is 6.04 Å². The van der Waals surface area contributed by atoms with Crippen molar-refractivity contribution in [3.05, 3.63) is 29.7 Å². The molecule has 0 aromatic carbocycles. The number of aryl methyl sites for hydroxylation is 2. The van der Waals surface area contributed by atoms with Gasteiger partial charge in [-0.05, 0) is 37.6 Å². The molecule has 1 aliphatic carbocycles. The molecule has 1 fully saturated rings.